The third kappa shape index (κ3) is 31.7. The highest BCUT2D eigenvalue weighted by atomic mass is 32.3. The minimum atomic E-state index is -4.94. The van der Waals surface area contributed by atoms with Crippen molar-refractivity contribution in [3.05, 3.63) is 102 Å². The largest absolute Gasteiger partial charge is 0.481 e. The molecule has 9 amide bonds. The quantitative estimate of drug-likeness (QED) is 0.0190. The third-order valence-electron chi connectivity index (χ3n) is 17.1. The SMILES string of the molecule is CCCC[C@H](NC(=O)[C@H](Cc1c[nH]c2ccccc12)NC(=O)CNC(=O)[C@H](CC(C)C)NC(=O)[C@H](Cc1ccc(OS(=O)(=O)O)cc1)NC(=O)[C@H](CC(=O)O)NC(=O)CCCCCCCCCCCCCCCCC(=O)O)C(=O)N(C)[C@H](CC(=O)O)C(=O)N(C)[C@@H](Cc1ccccc1)C(N)=O. The van der Waals surface area contributed by atoms with E-state index >= 15 is 0 Å². The summed E-state index contributed by atoms with van der Waals surface area (Å²) in [5, 5.41) is 44.8. The van der Waals surface area contributed by atoms with Gasteiger partial charge in [0.2, 0.25) is 53.2 Å². The van der Waals surface area contributed by atoms with Gasteiger partial charge in [0.15, 0.2) is 0 Å². The number of carboxylic acids is 3. The summed E-state index contributed by atoms with van der Waals surface area (Å²) in [6.07, 6.45) is 13.6. The molecule has 556 valence electrons. The predicted octanol–water partition coefficient (Wildman–Crippen LogP) is 5.57. The van der Waals surface area contributed by atoms with E-state index in [0.29, 0.717) is 54.1 Å². The fourth-order valence-electron chi connectivity index (χ4n) is 11.6. The molecule has 0 aliphatic carbocycles. The molecular weight excluding hydrogens is 1330 g/mol. The van der Waals surface area contributed by atoms with Crippen LogP contribution in [0.4, 0.5) is 0 Å². The van der Waals surface area contributed by atoms with Crippen LogP contribution in [-0.4, -0.2) is 177 Å². The Kier molecular flexibility index (Phi) is 36.5. The van der Waals surface area contributed by atoms with Crippen LogP contribution in [0.1, 0.15) is 179 Å². The fourth-order valence-corrected chi connectivity index (χ4v) is 12.0. The van der Waals surface area contributed by atoms with Crippen molar-refractivity contribution in [3.63, 3.8) is 0 Å². The van der Waals surface area contributed by atoms with Crippen molar-refractivity contribution < 1.29 is 90.0 Å². The molecule has 3 aromatic carbocycles. The number of likely N-dealkylation sites (N-methyl/N-ethyl adjacent to an activating group) is 2. The molecule has 7 atom stereocenters. The molecule has 1 aromatic heterocycles. The Labute approximate surface area is 589 Å². The molecule has 0 saturated carbocycles. The number of unbranched alkanes of at least 4 members (excludes halogenated alkanes) is 14. The predicted molar refractivity (Wildman–Crippen MR) is 374 cm³/mol. The number of primary amides is 1. The van der Waals surface area contributed by atoms with E-state index in [0.717, 1.165) is 92.6 Å². The molecule has 0 saturated heterocycles. The maximum Gasteiger partial charge on any atom is 0.446 e. The maximum absolute atomic E-state index is 14.7. The molecule has 0 fully saturated rings. The van der Waals surface area contributed by atoms with Gasteiger partial charge in [0, 0.05) is 63.3 Å². The van der Waals surface area contributed by atoms with Crippen LogP contribution in [0, 0.1) is 5.92 Å². The Morgan fingerprint density at radius 2 is 1.01 bits per heavy atom. The molecule has 0 spiro atoms. The highest BCUT2D eigenvalue weighted by molar-refractivity contribution is 7.81. The zero-order chi connectivity index (χ0) is 74.6. The fraction of sp³-hybridized carbons (Fsp3) is 0.549. The maximum atomic E-state index is 14.7. The molecule has 0 bridgehead atoms. The van der Waals surface area contributed by atoms with Gasteiger partial charge in [0.1, 0.15) is 48.0 Å². The summed E-state index contributed by atoms with van der Waals surface area (Å²) in [5.74, 6) is -12.3. The van der Waals surface area contributed by atoms with Crippen LogP contribution in [-0.2, 0) is 87.2 Å². The number of nitrogens with zero attached hydrogens (tertiary/aromatic N) is 2. The number of benzene rings is 3. The summed E-state index contributed by atoms with van der Waals surface area (Å²) in [4.78, 5) is 167. The van der Waals surface area contributed by atoms with Gasteiger partial charge in [-0.2, -0.15) is 8.42 Å². The van der Waals surface area contributed by atoms with Gasteiger partial charge in [-0.25, -0.2) is 0 Å². The average Bonchev–Trinajstić information content (AvgIpc) is 1.81. The summed E-state index contributed by atoms with van der Waals surface area (Å²) in [6.45, 7) is 4.50. The van der Waals surface area contributed by atoms with E-state index in [2.05, 4.69) is 41.1 Å². The van der Waals surface area contributed by atoms with Crippen molar-refractivity contribution in [1.82, 2.24) is 46.7 Å². The van der Waals surface area contributed by atoms with E-state index in [1.807, 2.05) is 6.92 Å². The summed E-state index contributed by atoms with van der Waals surface area (Å²) in [5.41, 5.74) is 7.92. The number of nitrogens with one attached hydrogen (secondary N) is 7. The molecule has 1 heterocycles. The number of amides is 9. The van der Waals surface area contributed by atoms with Gasteiger partial charge in [-0.15, -0.1) is 0 Å². The number of aromatic nitrogens is 1. The number of carboxylic acid groups (broad SMARTS) is 3. The first-order valence-corrected chi connectivity index (χ1v) is 35.9. The van der Waals surface area contributed by atoms with E-state index in [1.54, 1.807) is 74.6 Å². The Hall–Kier alpha value is -9.45. The summed E-state index contributed by atoms with van der Waals surface area (Å²) >= 11 is 0. The zero-order valence-electron chi connectivity index (χ0n) is 58.4. The molecule has 29 nitrogen and oxygen atoms in total. The number of carbonyl (C=O) groups excluding carboxylic acids is 9. The van der Waals surface area contributed by atoms with E-state index in [9.17, 15) is 80.7 Å². The molecule has 0 aliphatic rings. The van der Waals surface area contributed by atoms with Gasteiger partial charge in [0.05, 0.1) is 19.4 Å². The number of hydrogen-bond acceptors (Lipinski definition) is 15. The lowest BCUT2D eigenvalue weighted by Gasteiger charge is -2.35. The van der Waals surface area contributed by atoms with E-state index in [-0.39, 0.29) is 62.2 Å². The number of carbonyl (C=O) groups is 12. The van der Waals surface area contributed by atoms with Crippen molar-refractivity contribution in [2.45, 2.75) is 224 Å². The van der Waals surface area contributed by atoms with E-state index < -0.39 is 143 Å². The van der Waals surface area contributed by atoms with Crippen LogP contribution < -0.4 is 41.8 Å². The van der Waals surface area contributed by atoms with Crippen LogP contribution in [0.25, 0.3) is 10.9 Å². The monoisotopic (exact) mass is 1430 g/mol. The summed E-state index contributed by atoms with van der Waals surface area (Å²) in [6, 6.07) is 10.2. The first-order chi connectivity index (χ1) is 48.0. The topological polar surface area (TPSA) is 450 Å². The number of aliphatic carboxylic acids is 3. The molecular formula is C71H102N10O19S. The molecule has 0 unspecified atom stereocenters. The standard InChI is InChI=1S/C71H102N10O19S/c1-6-7-30-53(70(95)81(5)59(43-64(88)89)71(96)80(4)58(65(72)90)40-47-27-21-20-22-28-47)77-68(93)56(41-49-44-73-52-31-26-25-29-51(49)52)76-61(83)45-74-66(91)54(38-46(2)3)78-67(92)55(39-48-34-36-50(37-35-48)100-101(97,98)99)79-69(94)57(42-63(86)87)75-60(82)32-23-18-16-14-12-10-8-9-11-13-15-17-19-24-33-62(84)85/h20-22,25-29,31,34-37,44,46,53-59,73H,6-19,23-24,30,32-33,38-43,45H2,1-5H3,(H2,72,90)(H,74,91)(H,75,82)(H,76,83)(H,77,93)(H,78,92)(H,79,94)(H,84,85)(H,86,87)(H,88,89)(H,97,98,99)/t53-,54-,55-,56-,57-,58-,59+/m0/s1. The Morgan fingerprint density at radius 1 is 0.515 bits per heavy atom. The second-order valence-electron chi connectivity index (χ2n) is 25.9. The van der Waals surface area contributed by atoms with Crippen molar-refractivity contribution >= 4 is 92.4 Å². The molecule has 0 radical (unpaired) electrons. The van der Waals surface area contributed by atoms with Crippen molar-refractivity contribution in [2.75, 3.05) is 20.6 Å². The van der Waals surface area contributed by atoms with Gasteiger partial charge < -0.3 is 71.9 Å². The average molecular weight is 1430 g/mol. The van der Waals surface area contributed by atoms with Crippen LogP contribution in [0.15, 0.2) is 85.1 Å². The second kappa shape index (κ2) is 43.9. The number of rotatable bonds is 50. The normalized spacial score (nSPS) is 13.4. The second-order valence-corrected chi connectivity index (χ2v) is 26.9. The lowest BCUT2D eigenvalue weighted by atomic mass is 10.0. The van der Waals surface area contributed by atoms with Crippen LogP contribution in [0.5, 0.6) is 5.75 Å². The van der Waals surface area contributed by atoms with Crippen molar-refractivity contribution in [3.8, 4) is 5.75 Å². The Balaban J connectivity index is 1.50. The van der Waals surface area contributed by atoms with Gasteiger partial charge in [-0.1, -0.05) is 171 Å². The molecule has 101 heavy (non-hydrogen) atoms. The van der Waals surface area contributed by atoms with Crippen LogP contribution >= 0.6 is 0 Å². The minimum Gasteiger partial charge on any atom is -0.481 e. The number of fused-ring (bicyclic) bond motifs is 1. The van der Waals surface area contributed by atoms with Crippen molar-refractivity contribution in [1.29, 1.82) is 0 Å². The number of nitrogens with two attached hydrogens (primary N) is 1. The highest BCUT2D eigenvalue weighted by Crippen LogP contribution is 2.22. The smallest absolute Gasteiger partial charge is 0.446 e. The summed E-state index contributed by atoms with van der Waals surface area (Å²) < 4.78 is 36.6. The van der Waals surface area contributed by atoms with Gasteiger partial charge in [-0.3, -0.25) is 62.1 Å². The van der Waals surface area contributed by atoms with Crippen LogP contribution in [0.3, 0.4) is 0 Å². The Morgan fingerprint density at radius 3 is 1.55 bits per heavy atom. The third-order valence-corrected chi connectivity index (χ3v) is 17.5. The van der Waals surface area contributed by atoms with Crippen molar-refractivity contribution in [2.24, 2.45) is 11.7 Å². The number of hydrogen-bond donors (Lipinski definition) is 12. The molecule has 13 N–H and O–H groups in total. The van der Waals surface area contributed by atoms with Gasteiger partial charge in [0.25, 0.3) is 0 Å². The first kappa shape index (κ1) is 84.0. The number of para-hydroxylation sites is 1. The summed E-state index contributed by atoms with van der Waals surface area (Å²) in [7, 11) is -2.47. The van der Waals surface area contributed by atoms with Crippen LogP contribution in [0.2, 0.25) is 0 Å². The lowest BCUT2D eigenvalue weighted by Crippen LogP contribution is -2.60. The van der Waals surface area contributed by atoms with E-state index in [4.69, 9.17) is 10.8 Å². The van der Waals surface area contributed by atoms with E-state index in [1.165, 1.54) is 26.2 Å². The minimum absolute atomic E-state index is 0.00522. The molecule has 0 aliphatic heterocycles. The van der Waals surface area contributed by atoms with Gasteiger partial charge in [-0.05, 0) is 66.5 Å². The first-order valence-electron chi connectivity index (χ1n) is 34.6. The lowest BCUT2D eigenvalue weighted by molar-refractivity contribution is -0.152. The van der Waals surface area contributed by atoms with Gasteiger partial charge >= 0.3 is 28.3 Å². The zero-order valence-corrected chi connectivity index (χ0v) is 59.2. The molecule has 4 aromatic rings. The number of aromatic amines is 1. The number of H-pyrrole nitrogens is 1. The Bertz CT molecular complexity index is 3500. The molecule has 30 heteroatoms. The highest BCUT2D eigenvalue weighted by Gasteiger charge is 2.39. The molecule has 4 rings (SSSR count).